The third kappa shape index (κ3) is 1.11. The Kier molecular flexibility index (Phi) is 1.64. The Morgan fingerprint density at radius 2 is 2.17 bits per heavy atom. The summed E-state index contributed by atoms with van der Waals surface area (Å²) in [4.78, 5) is 12.9. The third-order valence-electron chi connectivity index (χ3n) is 2.25. The maximum Gasteiger partial charge on any atom is 0.321 e. The minimum atomic E-state index is 0.000278. The Bertz CT molecular complexity index is 278. The topological polar surface area (TPSA) is 32.3 Å². The van der Waals surface area contributed by atoms with Crippen LogP contribution in [0.15, 0.2) is 23.4 Å². The maximum absolute atomic E-state index is 11.2. The van der Waals surface area contributed by atoms with Gasteiger partial charge in [0.05, 0.1) is 0 Å². The standard InChI is InChI=1S/C9H12N2O/c1-11-6-7-4-2-3-5-8(7)10-9(11)12/h4-5H,2-3,6H2,1H3,(H,10,12). The molecule has 0 saturated carbocycles. The van der Waals surface area contributed by atoms with Crippen molar-refractivity contribution in [2.24, 2.45) is 0 Å². The lowest BCUT2D eigenvalue weighted by Crippen LogP contribution is -2.44. The number of hydrogen-bond donors (Lipinski definition) is 1. The summed E-state index contributed by atoms with van der Waals surface area (Å²) in [6.45, 7) is 0.748. The van der Waals surface area contributed by atoms with Crippen LogP contribution in [0.25, 0.3) is 0 Å². The van der Waals surface area contributed by atoms with Gasteiger partial charge in [-0.3, -0.25) is 0 Å². The Morgan fingerprint density at radius 1 is 1.42 bits per heavy atom. The highest BCUT2D eigenvalue weighted by Crippen LogP contribution is 2.20. The Labute approximate surface area is 71.7 Å². The zero-order valence-corrected chi connectivity index (χ0v) is 7.13. The van der Waals surface area contributed by atoms with Gasteiger partial charge >= 0.3 is 6.03 Å². The number of carbonyl (C=O) groups is 1. The normalized spacial score (nSPS) is 22.4. The summed E-state index contributed by atoms with van der Waals surface area (Å²) in [7, 11) is 1.81. The number of amides is 2. The van der Waals surface area contributed by atoms with E-state index in [9.17, 15) is 4.79 Å². The molecule has 1 saturated heterocycles. The molecule has 0 aromatic heterocycles. The minimum absolute atomic E-state index is 0.000278. The molecule has 0 unspecified atom stereocenters. The van der Waals surface area contributed by atoms with Crippen molar-refractivity contribution >= 4 is 6.03 Å². The van der Waals surface area contributed by atoms with Gasteiger partial charge in [0.2, 0.25) is 0 Å². The van der Waals surface area contributed by atoms with Gasteiger partial charge in [-0.1, -0.05) is 12.2 Å². The van der Waals surface area contributed by atoms with E-state index >= 15 is 0 Å². The highest BCUT2D eigenvalue weighted by atomic mass is 16.2. The van der Waals surface area contributed by atoms with Crippen molar-refractivity contribution in [1.29, 1.82) is 0 Å². The molecule has 0 spiro atoms. The predicted octanol–water partition coefficient (Wildman–Crippen LogP) is 1.25. The molecule has 1 aliphatic heterocycles. The molecule has 1 heterocycles. The molecule has 1 fully saturated rings. The largest absolute Gasteiger partial charge is 0.323 e. The van der Waals surface area contributed by atoms with Crippen LogP contribution in [0.4, 0.5) is 4.79 Å². The number of allylic oxidation sites excluding steroid dienone is 2. The smallest absolute Gasteiger partial charge is 0.321 e. The van der Waals surface area contributed by atoms with Gasteiger partial charge in [0.15, 0.2) is 0 Å². The number of nitrogens with one attached hydrogen (secondary N) is 1. The summed E-state index contributed by atoms with van der Waals surface area (Å²) in [6, 6.07) is 0.000278. The van der Waals surface area contributed by atoms with Crippen LogP contribution in [0.3, 0.4) is 0 Å². The van der Waals surface area contributed by atoms with E-state index in [4.69, 9.17) is 0 Å². The molecule has 0 aromatic carbocycles. The van der Waals surface area contributed by atoms with Gasteiger partial charge in [-0.05, 0) is 18.4 Å². The van der Waals surface area contributed by atoms with Crippen molar-refractivity contribution in [2.75, 3.05) is 13.6 Å². The molecule has 0 aromatic rings. The fourth-order valence-corrected chi connectivity index (χ4v) is 1.55. The van der Waals surface area contributed by atoms with Crippen LogP contribution in [0, 0.1) is 0 Å². The highest BCUT2D eigenvalue weighted by Gasteiger charge is 2.21. The Morgan fingerprint density at radius 3 is 3.00 bits per heavy atom. The Hall–Kier alpha value is -1.25. The average Bonchev–Trinajstić information content (AvgIpc) is 2.07. The van der Waals surface area contributed by atoms with Crippen LogP contribution >= 0.6 is 0 Å². The molecule has 3 nitrogen and oxygen atoms in total. The Balaban J connectivity index is 2.24. The van der Waals surface area contributed by atoms with Crippen LogP contribution in [0.5, 0.6) is 0 Å². The number of hydrogen-bond acceptors (Lipinski definition) is 1. The van der Waals surface area contributed by atoms with Crippen molar-refractivity contribution in [1.82, 2.24) is 10.2 Å². The van der Waals surface area contributed by atoms with E-state index in [0.29, 0.717) is 0 Å². The molecule has 12 heavy (non-hydrogen) atoms. The molecule has 64 valence electrons. The van der Waals surface area contributed by atoms with Gasteiger partial charge in [0.25, 0.3) is 0 Å². The van der Waals surface area contributed by atoms with Crippen LogP contribution < -0.4 is 5.32 Å². The molecular formula is C9H12N2O. The number of urea groups is 1. The fraction of sp³-hybridized carbons (Fsp3) is 0.444. The van der Waals surface area contributed by atoms with E-state index in [-0.39, 0.29) is 6.03 Å². The highest BCUT2D eigenvalue weighted by molar-refractivity contribution is 5.79. The number of carbonyl (C=O) groups excluding carboxylic acids is 1. The van der Waals surface area contributed by atoms with E-state index in [1.807, 2.05) is 7.05 Å². The van der Waals surface area contributed by atoms with Gasteiger partial charge in [-0.25, -0.2) is 4.79 Å². The maximum atomic E-state index is 11.2. The molecular weight excluding hydrogens is 152 g/mol. The molecule has 1 N–H and O–H groups in total. The molecule has 3 heteroatoms. The fourth-order valence-electron chi connectivity index (χ4n) is 1.55. The van der Waals surface area contributed by atoms with E-state index in [2.05, 4.69) is 17.5 Å². The zero-order valence-electron chi connectivity index (χ0n) is 7.13. The van der Waals surface area contributed by atoms with Gasteiger partial charge in [-0.15, -0.1) is 0 Å². The average molecular weight is 164 g/mol. The number of fused-ring (bicyclic) bond motifs is 1. The van der Waals surface area contributed by atoms with E-state index in [1.54, 1.807) is 4.90 Å². The molecule has 0 atom stereocenters. The van der Waals surface area contributed by atoms with Crippen molar-refractivity contribution in [2.45, 2.75) is 12.8 Å². The first kappa shape index (κ1) is 7.40. The molecule has 2 aliphatic rings. The molecule has 0 bridgehead atoms. The summed E-state index contributed by atoms with van der Waals surface area (Å²) in [6.07, 6.45) is 6.44. The van der Waals surface area contributed by atoms with Crippen molar-refractivity contribution < 1.29 is 4.79 Å². The second-order valence-electron chi connectivity index (χ2n) is 3.21. The minimum Gasteiger partial charge on any atom is -0.323 e. The zero-order chi connectivity index (χ0) is 8.55. The van der Waals surface area contributed by atoms with Gasteiger partial charge in [0.1, 0.15) is 0 Å². The van der Waals surface area contributed by atoms with E-state index in [0.717, 1.165) is 25.1 Å². The summed E-state index contributed by atoms with van der Waals surface area (Å²) < 4.78 is 0. The predicted molar refractivity (Wildman–Crippen MR) is 46.6 cm³/mol. The first-order chi connectivity index (χ1) is 5.77. The second-order valence-corrected chi connectivity index (χ2v) is 3.21. The summed E-state index contributed by atoms with van der Waals surface area (Å²) >= 11 is 0. The van der Waals surface area contributed by atoms with Crippen molar-refractivity contribution in [3.8, 4) is 0 Å². The van der Waals surface area contributed by atoms with Crippen LogP contribution in [-0.2, 0) is 0 Å². The number of nitrogens with zero attached hydrogens (tertiary/aromatic N) is 1. The lowest BCUT2D eigenvalue weighted by Gasteiger charge is -2.29. The first-order valence-electron chi connectivity index (χ1n) is 4.19. The van der Waals surface area contributed by atoms with E-state index < -0.39 is 0 Å². The van der Waals surface area contributed by atoms with Gasteiger partial charge in [0, 0.05) is 19.3 Å². The molecule has 2 rings (SSSR count). The quantitative estimate of drug-likeness (QED) is 0.574. The van der Waals surface area contributed by atoms with Crippen LogP contribution in [-0.4, -0.2) is 24.5 Å². The number of likely N-dealkylation sites (N-methyl/N-ethyl adjacent to an activating group) is 1. The lowest BCUT2D eigenvalue weighted by atomic mass is 10.0. The third-order valence-corrected chi connectivity index (χ3v) is 2.25. The van der Waals surface area contributed by atoms with E-state index in [1.165, 1.54) is 5.57 Å². The molecule has 2 amide bonds. The van der Waals surface area contributed by atoms with Gasteiger partial charge < -0.3 is 10.2 Å². The lowest BCUT2D eigenvalue weighted by molar-refractivity contribution is 0.211. The van der Waals surface area contributed by atoms with Gasteiger partial charge in [-0.2, -0.15) is 0 Å². The van der Waals surface area contributed by atoms with Crippen LogP contribution in [0.2, 0.25) is 0 Å². The van der Waals surface area contributed by atoms with Crippen molar-refractivity contribution in [3.63, 3.8) is 0 Å². The first-order valence-corrected chi connectivity index (χ1v) is 4.19. The van der Waals surface area contributed by atoms with Crippen LogP contribution in [0.1, 0.15) is 12.8 Å². The summed E-state index contributed by atoms with van der Waals surface area (Å²) in [5.41, 5.74) is 2.27. The van der Waals surface area contributed by atoms with Crippen molar-refractivity contribution in [3.05, 3.63) is 23.4 Å². The molecule has 1 aliphatic carbocycles. The monoisotopic (exact) mass is 164 g/mol. The SMILES string of the molecule is CN1CC2=CCCC=C2NC1=O. The summed E-state index contributed by atoms with van der Waals surface area (Å²) in [5.74, 6) is 0. The molecule has 0 radical (unpaired) electrons. The number of rotatable bonds is 0. The summed E-state index contributed by atoms with van der Waals surface area (Å²) in [5, 5.41) is 2.85. The second kappa shape index (κ2) is 2.66.